The molecule has 7 heteroatoms. The van der Waals surface area contributed by atoms with Gasteiger partial charge >= 0.3 is 0 Å². The Morgan fingerprint density at radius 1 is 1.03 bits per heavy atom. The highest BCUT2D eigenvalue weighted by Gasteiger charge is 2.18. The van der Waals surface area contributed by atoms with E-state index in [9.17, 15) is 0 Å². The summed E-state index contributed by atoms with van der Waals surface area (Å²) in [5.74, 6) is 2.18. The van der Waals surface area contributed by atoms with Crippen molar-refractivity contribution < 1.29 is 9.47 Å². The SMILES string of the molecule is COc1ccc(-c2cc3c(c(NCc4ccncc4)n2)CN(C)C=N3)cc1OC. The molecule has 2 aromatic heterocycles. The third-order valence-electron chi connectivity index (χ3n) is 4.79. The van der Waals surface area contributed by atoms with Crippen LogP contribution < -0.4 is 14.8 Å². The van der Waals surface area contributed by atoms with Crippen molar-refractivity contribution in [3.8, 4) is 22.8 Å². The van der Waals surface area contributed by atoms with Crippen LogP contribution in [0.3, 0.4) is 0 Å². The van der Waals surface area contributed by atoms with Gasteiger partial charge in [-0.3, -0.25) is 4.98 Å². The van der Waals surface area contributed by atoms with Gasteiger partial charge in [-0.2, -0.15) is 0 Å². The van der Waals surface area contributed by atoms with E-state index in [0.29, 0.717) is 18.0 Å². The highest BCUT2D eigenvalue weighted by atomic mass is 16.5. The minimum atomic E-state index is 0.658. The topological polar surface area (TPSA) is 71.9 Å². The standard InChI is InChI=1S/C22H23N5O2/c1-27-13-17-19(25-14-27)11-18(16-4-5-20(28-2)21(10-16)29-3)26-22(17)24-12-15-6-8-23-9-7-15/h4-11,14H,12-13H2,1-3H3,(H,24,26). The summed E-state index contributed by atoms with van der Waals surface area (Å²) >= 11 is 0. The molecule has 1 aliphatic heterocycles. The Balaban J connectivity index is 1.73. The largest absolute Gasteiger partial charge is 0.493 e. The third-order valence-corrected chi connectivity index (χ3v) is 4.79. The summed E-state index contributed by atoms with van der Waals surface area (Å²) in [7, 11) is 5.26. The fourth-order valence-corrected chi connectivity index (χ4v) is 3.26. The van der Waals surface area contributed by atoms with Crippen molar-refractivity contribution in [2.45, 2.75) is 13.1 Å². The number of rotatable bonds is 6. The Morgan fingerprint density at radius 2 is 1.83 bits per heavy atom. The first-order valence-electron chi connectivity index (χ1n) is 9.31. The molecule has 1 N–H and O–H groups in total. The molecule has 3 aromatic rings. The number of benzene rings is 1. The van der Waals surface area contributed by atoms with Crippen LogP contribution in [-0.2, 0) is 13.1 Å². The zero-order valence-corrected chi connectivity index (χ0v) is 16.7. The average Bonchev–Trinajstić information content (AvgIpc) is 2.77. The maximum Gasteiger partial charge on any atom is 0.161 e. The lowest BCUT2D eigenvalue weighted by Crippen LogP contribution is -2.20. The second kappa shape index (κ2) is 8.18. The molecular weight excluding hydrogens is 366 g/mol. The van der Waals surface area contributed by atoms with Crippen LogP contribution in [0.15, 0.2) is 53.8 Å². The first-order valence-corrected chi connectivity index (χ1v) is 9.31. The predicted octanol–water partition coefficient (Wildman–Crippen LogP) is 3.88. The van der Waals surface area contributed by atoms with E-state index in [0.717, 1.165) is 40.4 Å². The summed E-state index contributed by atoms with van der Waals surface area (Å²) in [4.78, 5) is 15.6. The summed E-state index contributed by atoms with van der Waals surface area (Å²) in [6, 6.07) is 11.8. The molecule has 0 unspecified atom stereocenters. The molecule has 0 aliphatic carbocycles. The molecule has 1 aromatic carbocycles. The Labute approximate surface area is 170 Å². The molecule has 4 rings (SSSR count). The van der Waals surface area contributed by atoms with Crippen LogP contribution >= 0.6 is 0 Å². The van der Waals surface area contributed by atoms with E-state index >= 15 is 0 Å². The first-order chi connectivity index (χ1) is 14.2. The van der Waals surface area contributed by atoms with Crippen molar-refractivity contribution in [2.24, 2.45) is 4.99 Å². The quantitative estimate of drug-likeness (QED) is 0.690. The lowest BCUT2D eigenvalue weighted by molar-refractivity contribution is 0.355. The minimum Gasteiger partial charge on any atom is -0.493 e. The van der Waals surface area contributed by atoms with E-state index in [1.807, 2.05) is 54.7 Å². The number of methoxy groups -OCH3 is 2. The maximum absolute atomic E-state index is 5.45. The molecular formula is C22H23N5O2. The lowest BCUT2D eigenvalue weighted by Gasteiger charge is -2.23. The molecule has 0 saturated heterocycles. The molecule has 3 heterocycles. The van der Waals surface area contributed by atoms with Crippen molar-refractivity contribution >= 4 is 17.8 Å². The molecule has 0 spiro atoms. The van der Waals surface area contributed by atoms with Crippen LogP contribution in [0.4, 0.5) is 11.5 Å². The van der Waals surface area contributed by atoms with Gasteiger partial charge in [0, 0.05) is 43.7 Å². The number of hydrogen-bond acceptors (Lipinski definition) is 7. The van der Waals surface area contributed by atoms with Gasteiger partial charge in [-0.1, -0.05) is 0 Å². The summed E-state index contributed by atoms with van der Waals surface area (Å²) in [5, 5.41) is 3.48. The number of aromatic nitrogens is 2. The van der Waals surface area contributed by atoms with Gasteiger partial charge in [0.2, 0.25) is 0 Å². The molecule has 7 nitrogen and oxygen atoms in total. The molecule has 0 radical (unpaired) electrons. The number of ether oxygens (including phenoxy) is 2. The van der Waals surface area contributed by atoms with Crippen LogP contribution in [0, 0.1) is 0 Å². The van der Waals surface area contributed by atoms with Gasteiger partial charge in [-0.15, -0.1) is 0 Å². The van der Waals surface area contributed by atoms with Crippen molar-refractivity contribution in [1.29, 1.82) is 0 Å². The van der Waals surface area contributed by atoms with E-state index in [2.05, 4.69) is 15.3 Å². The molecule has 0 bridgehead atoms. The molecule has 0 atom stereocenters. The summed E-state index contributed by atoms with van der Waals surface area (Å²) in [6.07, 6.45) is 5.42. The number of fused-ring (bicyclic) bond motifs is 1. The van der Waals surface area contributed by atoms with Gasteiger partial charge in [0.25, 0.3) is 0 Å². The Bertz CT molecular complexity index is 1040. The summed E-state index contributed by atoms with van der Waals surface area (Å²) in [6.45, 7) is 1.40. The zero-order valence-electron chi connectivity index (χ0n) is 16.7. The van der Waals surface area contributed by atoms with E-state index in [4.69, 9.17) is 14.5 Å². The van der Waals surface area contributed by atoms with Crippen LogP contribution in [-0.4, -0.2) is 42.5 Å². The molecule has 0 amide bonds. The molecule has 148 valence electrons. The fraction of sp³-hybridized carbons (Fsp3) is 0.227. The highest BCUT2D eigenvalue weighted by Crippen LogP contribution is 2.36. The van der Waals surface area contributed by atoms with Gasteiger partial charge in [0.05, 0.1) is 31.9 Å². The molecule has 1 aliphatic rings. The monoisotopic (exact) mass is 389 g/mol. The number of anilines is 1. The van der Waals surface area contributed by atoms with Crippen LogP contribution in [0.5, 0.6) is 11.5 Å². The predicted molar refractivity (Wildman–Crippen MR) is 114 cm³/mol. The number of aliphatic imine (C=N–C) groups is 1. The van der Waals surface area contributed by atoms with Gasteiger partial charge in [0.1, 0.15) is 5.82 Å². The van der Waals surface area contributed by atoms with Crippen LogP contribution in [0.1, 0.15) is 11.1 Å². The van der Waals surface area contributed by atoms with Crippen LogP contribution in [0.2, 0.25) is 0 Å². The van der Waals surface area contributed by atoms with Crippen LogP contribution in [0.25, 0.3) is 11.3 Å². The zero-order chi connectivity index (χ0) is 20.2. The maximum atomic E-state index is 5.45. The second-order valence-corrected chi connectivity index (χ2v) is 6.79. The number of nitrogens with zero attached hydrogens (tertiary/aromatic N) is 4. The summed E-state index contributed by atoms with van der Waals surface area (Å²) in [5.41, 5.74) is 4.89. The van der Waals surface area contributed by atoms with Crippen molar-refractivity contribution in [2.75, 3.05) is 26.6 Å². The average molecular weight is 389 g/mol. The van der Waals surface area contributed by atoms with Crippen molar-refractivity contribution in [3.63, 3.8) is 0 Å². The molecule has 29 heavy (non-hydrogen) atoms. The Hall–Kier alpha value is -3.61. The second-order valence-electron chi connectivity index (χ2n) is 6.79. The van der Waals surface area contributed by atoms with E-state index < -0.39 is 0 Å². The van der Waals surface area contributed by atoms with Gasteiger partial charge < -0.3 is 19.7 Å². The van der Waals surface area contributed by atoms with Gasteiger partial charge in [-0.25, -0.2) is 9.98 Å². The fourth-order valence-electron chi connectivity index (χ4n) is 3.26. The van der Waals surface area contributed by atoms with E-state index in [-0.39, 0.29) is 0 Å². The highest BCUT2D eigenvalue weighted by molar-refractivity contribution is 5.76. The number of hydrogen-bond donors (Lipinski definition) is 1. The minimum absolute atomic E-state index is 0.658. The summed E-state index contributed by atoms with van der Waals surface area (Å²) < 4.78 is 10.8. The van der Waals surface area contributed by atoms with Gasteiger partial charge in [-0.05, 0) is 42.0 Å². The Morgan fingerprint density at radius 3 is 2.59 bits per heavy atom. The smallest absolute Gasteiger partial charge is 0.161 e. The van der Waals surface area contributed by atoms with Crippen molar-refractivity contribution in [1.82, 2.24) is 14.9 Å². The third kappa shape index (κ3) is 3.99. The lowest BCUT2D eigenvalue weighted by atomic mass is 10.1. The normalized spacial score (nSPS) is 12.4. The Kier molecular flexibility index (Phi) is 5.29. The van der Waals surface area contributed by atoms with E-state index in [1.54, 1.807) is 26.6 Å². The first kappa shape index (κ1) is 18.7. The molecule has 0 fully saturated rings. The number of pyridine rings is 2. The number of nitrogens with one attached hydrogen (secondary N) is 1. The van der Waals surface area contributed by atoms with Gasteiger partial charge in [0.15, 0.2) is 11.5 Å². The van der Waals surface area contributed by atoms with E-state index in [1.165, 1.54) is 0 Å². The van der Waals surface area contributed by atoms with Crippen molar-refractivity contribution in [3.05, 3.63) is 59.9 Å². The molecule has 0 saturated carbocycles.